The number of nitrogens with two attached hydrogens (primary N) is 1. The van der Waals surface area contributed by atoms with Gasteiger partial charge in [0.2, 0.25) is 0 Å². The van der Waals surface area contributed by atoms with Crippen molar-refractivity contribution in [3.05, 3.63) is 59.4 Å². The third-order valence-electron chi connectivity index (χ3n) is 3.02. The van der Waals surface area contributed by atoms with Crippen molar-refractivity contribution in [1.29, 1.82) is 0 Å². The minimum Gasteiger partial charge on any atom is -0.457 e. The van der Waals surface area contributed by atoms with E-state index in [1.54, 1.807) is 31.2 Å². The van der Waals surface area contributed by atoms with E-state index in [1.165, 1.54) is 6.07 Å². The second kappa shape index (κ2) is 6.50. The van der Waals surface area contributed by atoms with Crippen molar-refractivity contribution in [2.45, 2.75) is 19.4 Å². The smallest absolute Gasteiger partial charge is 0.135 e. The van der Waals surface area contributed by atoms with Crippen molar-refractivity contribution in [2.24, 2.45) is 5.73 Å². The highest BCUT2D eigenvalue weighted by molar-refractivity contribution is 5.40. The topological polar surface area (TPSA) is 55.5 Å². The van der Waals surface area contributed by atoms with E-state index in [-0.39, 0.29) is 12.4 Å². The van der Waals surface area contributed by atoms with Gasteiger partial charge in [-0.3, -0.25) is 0 Å². The lowest BCUT2D eigenvalue weighted by Gasteiger charge is -2.14. The first-order valence-electron chi connectivity index (χ1n) is 6.53. The second-order valence-electron chi connectivity index (χ2n) is 4.66. The summed E-state index contributed by atoms with van der Waals surface area (Å²) in [7, 11) is 0. The van der Waals surface area contributed by atoms with Crippen LogP contribution in [-0.4, -0.2) is 11.7 Å². The summed E-state index contributed by atoms with van der Waals surface area (Å²) in [6.45, 7) is 1.83. The molecule has 106 valence electrons. The van der Waals surface area contributed by atoms with Crippen LogP contribution in [0.1, 0.15) is 24.1 Å². The van der Waals surface area contributed by atoms with Gasteiger partial charge in [-0.15, -0.1) is 0 Å². The molecule has 3 nitrogen and oxygen atoms in total. The van der Waals surface area contributed by atoms with Crippen molar-refractivity contribution >= 4 is 0 Å². The first-order chi connectivity index (χ1) is 9.61. The molecule has 20 heavy (non-hydrogen) atoms. The molecule has 0 saturated carbocycles. The molecule has 2 aromatic carbocycles. The molecule has 0 aliphatic carbocycles. The number of aliphatic hydroxyl groups is 1. The van der Waals surface area contributed by atoms with Crippen LogP contribution in [-0.2, 0) is 6.42 Å². The van der Waals surface area contributed by atoms with E-state index >= 15 is 0 Å². The zero-order valence-electron chi connectivity index (χ0n) is 11.3. The van der Waals surface area contributed by atoms with Gasteiger partial charge in [0.1, 0.15) is 17.3 Å². The van der Waals surface area contributed by atoms with Gasteiger partial charge < -0.3 is 15.6 Å². The highest BCUT2D eigenvalue weighted by Crippen LogP contribution is 2.30. The molecule has 0 amide bonds. The van der Waals surface area contributed by atoms with Crippen LogP contribution < -0.4 is 10.5 Å². The summed E-state index contributed by atoms with van der Waals surface area (Å²) in [5.74, 6) is 0.670. The van der Waals surface area contributed by atoms with E-state index in [4.69, 9.17) is 15.6 Å². The van der Waals surface area contributed by atoms with Gasteiger partial charge in [-0.05, 0) is 43.2 Å². The number of aliphatic hydroxyl groups excluding tert-OH is 1. The lowest BCUT2D eigenvalue weighted by Crippen LogP contribution is -2.09. The number of benzene rings is 2. The van der Waals surface area contributed by atoms with Gasteiger partial charge in [-0.2, -0.15) is 0 Å². The molecule has 0 fully saturated rings. The molecule has 0 radical (unpaired) electrons. The fourth-order valence-corrected chi connectivity index (χ4v) is 2.03. The molecule has 0 unspecified atom stereocenters. The monoisotopic (exact) mass is 275 g/mol. The summed E-state index contributed by atoms with van der Waals surface area (Å²) >= 11 is 0. The largest absolute Gasteiger partial charge is 0.457 e. The Morgan fingerprint density at radius 3 is 2.50 bits per heavy atom. The average molecular weight is 275 g/mol. The molecule has 2 rings (SSSR count). The molecule has 2 aromatic rings. The predicted molar refractivity (Wildman–Crippen MR) is 76.3 cm³/mol. The van der Waals surface area contributed by atoms with Crippen molar-refractivity contribution in [3.63, 3.8) is 0 Å². The molecule has 0 bridgehead atoms. The minimum absolute atomic E-state index is 0.110. The standard InChI is InChI=1S/C16H18FNO2/c1-11(18)16-14(17)3-2-4-15(16)20-13-7-5-12(6-8-13)9-10-19/h2-8,11,19H,9-10,18H2,1H3/t11-/m1/s1. The normalized spacial score (nSPS) is 12.2. The van der Waals surface area contributed by atoms with Crippen LogP contribution in [0.5, 0.6) is 11.5 Å². The maximum atomic E-state index is 13.8. The summed E-state index contributed by atoms with van der Waals surface area (Å²) in [5.41, 5.74) is 7.17. The zero-order valence-corrected chi connectivity index (χ0v) is 11.3. The predicted octanol–water partition coefficient (Wildman–Crippen LogP) is 3.17. The summed E-state index contributed by atoms with van der Waals surface area (Å²) in [6, 6.07) is 11.5. The Morgan fingerprint density at radius 1 is 1.20 bits per heavy atom. The van der Waals surface area contributed by atoms with E-state index in [0.29, 0.717) is 23.5 Å². The van der Waals surface area contributed by atoms with Crippen LogP contribution in [0.2, 0.25) is 0 Å². The average Bonchev–Trinajstić information content (AvgIpc) is 2.41. The molecule has 0 aliphatic rings. The van der Waals surface area contributed by atoms with Gasteiger partial charge in [0, 0.05) is 18.2 Å². The molecule has 1 atom stereocenters. The number of ether oxygens (including phenoxy) is 1. The Labute approximate surface area is 117 Å². The van der Waals surface area contributed by atoms with Gasteiger partial charge in [-0.1, -0.05) is 18.2 Å². The van der Waals surface area contributed by atoms with E-state index < -0.39 is 6.04 Å². The summed E-state index contributed by atoms with van der Waals surface area (Å²) in [6.07, 6.45) is 0.603. The third-order valence-corrected chi connectivity index (χ3v) is 3.02. The molecular weight excluding hydrogens is 257 g/mol. The number of hydrogen-bond acceptors (Lipinski definition) is 3. The molecule has 0 aromatic heterocycles. The summed E-state index contributed by atoms with van der Waals surface area (Å²) in [5, 5.41) is 8.87. The Bertz CT molecular complexity index is 567. The zero-order chi connectivity index (χ0) is 14.5. The quantitative estimate of drug-likeness (QED) is 0.881. The van der Waals surface area contributed by atoms with E-state index in [2.05, 4.69) is 0 Å². The number of hydrogen-bond donors (Lipinski definition) is 2. The number of rotatable bonds is 5. The van der Waals surface area contributed by atoms with E-state index in [1.807, 2.05) is 12.1 Å². The molecule has 3 N–H and O–H groups in total. The minimum atomic E-state index is -0.445. The van der Waals surface area contributed by atoms with Gasteiger partial charge in [0.15, 0.2) is 0 Å². The first-order valence-corrected chi connectivity index (χ1v) is 6.53. The first kappa shape index (κ1) is 14.5. The second-order valence-corrected chi connectivity index (χ2v) is 4.66. The molecule has 0 aliphatic heterocycles. The van der Waals surface area contributed by atoms with E-state index in [9.17, 15) is 4.39 Å². The van der Waals surface area contributed by atoms with Crippen LogP contribution in [0, 0.1) is 5.82 Å². The molecule has 0 heterocycles. The summed E-state index contributed by atoms with van der Waals surface area (Å²) in [4.78, 5) is 0. The Balaban J connectivity index is 2.23. The van der Waals surface area contributed by atoms with Crippen molar-refractivity contribution in [1.82, 2.24) is 0 Å². The van der Waals surface area contributed by atoms with Crippen LogP contribution in [0.3, 0.4) is 0 Å². The Hall–Kier alpha value is -1.91. The maximum Gasteiger partial charge on any atom is 0.135 e. The van der Waals surface area contributed by atoms with Crippen LogP contribution >= 0.6 is 0 Å². The van der Waals surface area contributed by atoms with Gasteiger partial charge in [-0.25, -0.2) is 4.39 Å². The molecule has 0 saturated heterocycles. The lowest BCUT2D eigenvalue weighted by atomic mass is 10.1. The third kappa shape index (κ3) is 3.35. The lowest BCUT2D eigenvalue weighted by molar-refractivity contribution is 0.299. The van der Waals surface area contributed by atoms with Gasteiger partial charge in [0.05, 0.1) is 0 Å². The fourth-order valence-electron chi connectivity index (χ4n) is 2.03. The van der Waals surface area contributed by atoms with Crippen LogP contribution in [0.15, 0.2) is 42.5 Å². The van der Waals surface area contributed by atoms with Crippen molar-refractivity contribution in [2.75, 3.05) is 6.61 Å². The van der Waals surface area contributed by atoms with Crippen molar-refractivity contribution in [3.8, 4) is 11.5 Å². The van der Waals surface area contributed by atoms with Crippen molar-refractivity contribution < 1.29 is 14.2 Å². The Kier molecular flexibility index (Phi) is 4.71. The maximum absolute atomic E-state index is 13.8. The van der Waals surface area contributed by atoms with Gasteiger partial charge in [0.25, 0.3) is 0 Å². The SMILES string of the molecule is C[C@@H](N)c1c(F)cccc1Oc1ccc(CCO)cc1. The van der Waals surface area contributed by atoms with Crippen LogP contribution in [0.25, 0.3) is 0 Å². The highest BCUT2D eigenvalue weighted by Gasteiger charge is 2.14. The van der Waals surface area contributed by atoms with E-state index in [0.717, 1.165) is 5.56 Å². The Morgan fingerprint density at radius 2 is 1.90 bits per heavy atom. The number of halogens is 1. The highest BCUT2D eigenvalue weighted by atomic mass is 19.1. The van der Waals surface area contributed by atoms with Gasteiger partial charge >= 0.3 is 0 Å². The van der Waals surface area contributed by atoms with Crippen LogP contribution in [0.4, 0.5) is 4.39 Å². The molecule has 4 heteroatoms. The molecule has 0 spiro atoms. The summed E-state index contributed by atoms with van der Waals surface area (Å²) < 4.78 is 19.5. The molecular formula is C16H18FNO2. The fraction of sp³-hybridized carbons (Fsp3) is 0.250.